The Balaban J connectivity index is 1.20. The van der Waals surface area contributed by atoms with Gasteiger partial charge in [0.15, 0.2) is 5.82 Å². The number of imidazole rings is 1. The van der Waals surface area contributed by atoms with Crippen molar-refractivity contribution in [2.45, 2.75) is 50.1 Å². The number of ether oxygens (including phenoxy) is 1. The molecule has 3 atom stereocenters. The van der Waals surface area contributed by atoms with Gasteiger partial charge in [0.1, 0.15) is 16.9 Å². The highest BCUT2D eigenvalue weighted by Gasteiger charge is 2.47. The molecule has 46 heavy (non-hydrogen) atoms. The molecule has 2 aliphatic carbocycles. The van der Waals surface area contributed by atoms with Crippen LogP contribution in [0.4, 0.5) is 0 Å². The summed E-state index contributed by atoms with van der Waals surface area (Å²) in [6.45, 7) is 1.53. The van der Waals surface area contributed by atoms with Crippen molar-refractivity contribution in [1.29, 1.82) is 0 Å². The average Bonchev–Trinajstić information content (AvgIpc) is 3.44. The first-order valence-electron chi connectivity index (χ1n) is 15.8. The van der Waals surface area contributed by atoms with Crippen molar-refractivity contribution in [3.8, 4) is 28.5 Å². The van der Waals surface area contributed by atoms with Gasteiger partial charge in [0.2, 0.25) is 10.0 Å². The molecule has 2 unspecified atom stereocenters. The number of hydrogen-bond acceptors (Lipinski definition) is 7. The number of rotatable bonds is 8. The van der Waals surface area contributed by atoms with E-state index in [0.29, 0.717) is 40.8 Å². The minimum atomic E-state index is -3.61. The molecule has 1 aliphatic heterocycles. The van der Waals surface area contributed by atoms with Gasteiger partial charge in [-0.05, 0) is 73.4 Å². The summed E-state index contributed by atoms with van der Waals surface area (Å²) >= 11 is 0. The number of benzene rings is 2. The van der Waals surface area contributed by atoms with Crippen molar-refractivity contribution in [3.63, 3.8) is 0 Å². The normalized spacial score (nSPS) is 21.1. The molecule has 4 N–H and O–H groups in total. The quantitative estimate of drug-likeness (QED) is 0.260. The van der Waals surface area contributed by atoms with Crippen LogP contribution in [0, 0.1) is 11.8 Å². The maximum absolute atomic E-state index is 13.7. The van der Waals surface area contributed by atoms with Crippen molar-refractivity contribution >= 4 is 38.0 Å². The van der Waals surface area contributed by atoms with E-state index in [2.05, 4.69) is 16.7 Å². The van der Waals surface area contributed by atoms with Crippen LogP contribution in [0.2, 0.25) is 0 Å². The molecule has 11 nitrogen and oxygen atoms in total. The second-order valence-corrected chi connectivity index (χ2v) is 14.8. The Labute approximate surface area is 267 Å². The first kappa shape index (κ1) is 29.2. The number of likely N-dealkylation sites (tertiary alicyclic amines) is 1. The fourth-order valence-corrected chi connectivity index (χ4v) is 8.14. The number of primary sulfonamides is 1. The molecule has 2 bridgehead atoms. The first-order valence-corrected chi connectivity index (χ1v) is 17.5. The number of sulfonamides is 1. The first-order chi connectivity index (χ1) is 22.1. The third-order valence-corrected chi connectivity index (χ3v) is 10.8. The van der Waals surface area contributed by atoms with Gasteiger partial charge in [0.05, 0.1) is 29.8 Å². The van der Waals surface area contributed by atoms with Gasteiger partial charge in [-0.3, -0.25) is 4.79 Å². The van der Waals surface area contributed by atoms with Crippen LogP contribution in [-0.4, -0.2) is 64.1 Å². The predicted molar refractivity (Wildman–Crippen MR) is 176 cm³/mol. The van der Waals surface area contributed by atoms with Crippen molar-refractivity contribution in [3.05, 3.63) is 65.7 Å². The average molecular weight is 640 g/mol. The van der Waals surface area contributed by atoms with E-state index in [9.17, 15) is 13.2 Å². The summed E-state index contributed by atoms with van der Waals surface area (Å²) in [5, 5.41) is 6.23. The van der Waals surface area contributed by atoms with Crippen LogP contribution in [0.25, 0.3) is 44.8 Å². The van der Waals surface area contributed by atoms with E-state index < -0.39 is 10.0 Å². The minimum absolute atomic E-state index is 0.0210. The highest BCUT2D eigenvalue weighted by molar-refractivity contribution is 7.88. The molecule has 5 aromatic rings. The van der Waals surface area contributed by atoms with Crippen molar-refractivity contribution in [1.82, 2.24) is 24.0 Å². The number of carbonyl (C=O) groups excluding carboxylic acids is 1. The van der Waals surface area contributed by atoms with Crippen LogP contribution in [0.5, 0.6) is 5.75 Å². The van der Waals surface area contributed by atoms with Crippen LogP contribution in [0.1, 0.15) is 41.6 Å². The molecular formula is C34H37N7O4S. The lowest BCUT2D eigenvalue weighted by Crippen LogP contribution is -2.41. The third kappa shape index (κ3) is 4.95. The highest BCUT2D eigenvalue weighted by Crippen LogP contribution is 2.40. The number of carbonyl (C=O) groups is 1. The molecule has 3 fully saturated rings. The van der Waals surface area contributed by atoms with Crippen LogP contribution in [-0.2, 0) is 29.4 Å². The number of methoxy groups -OCH3 is 1. The number of hydrogen-bond donors (Lipinski definition) is 2. The monoisotopic (exact) mass is 639 g/mol. The van der Waals surface area contributed by atoms with Crippen LogP contribution >= 0.6 is 0 Å². The Bertz CT molecular complexity index is 2130. The molecule has 3 aliphatic rings. The number of piperidine rings is 1. The molecular weight excluding hydrogens is 602 g/mol. The fraction of sp³-hybridized carbons (Fsp3) is 0.382. The van der Waals surface area contributed by atoms with Gasteiger partial charge >= 0.3 is 0 Å². The van der Waals surface area contributed by atoms with E-state index in [1.54, 1.807) is 19.2 Å². The van der Waals surface area contributed by atoms with Gasteiger partial charge in [-0.1, -0.05) is 24.3 Å². The minimum Gasteiger partial charge on any atom is -0.494 e. The molecule has 3 aromatic heterocycles. The van der Waals surface area contributed by atoms with E-state index in [-0.39, 0.29) is 23.7 Å². The SMILES string of the molecule is COc1cc(C(=O)N2CC3CCC2[C@@H]3N)cc2nc(-c3cc4ccc(-c5ccc(CS(N)(=O)=O)cc5)nc4n3CC3CC3)n(C)c12. The van der Waals surface area contributed by atoms with Crippen molar-refractivity contribution in [2.75, 3.05) is 13.7 Å². The zero-order chi connectivity index (χ0) is 31.9. The van der Waals surface area contributed by atoms with E-state index in [1.165, 1.54) is 12.8 Å². The van der Waals surface area contributed by atoms with E-state index >= 15 is 0 Å². The maximum atomic E-state index is 13.7. The lowest BCUT2D eigenvalue weighted by molar-refractivity contribution is 0.0700. The molecule has 2 saturated carbocycles. The summed E-state index contributed by atoms with van der Waals surface area (Å²) in [4.78, 5) is 25.9. The summed E-state index contributed by atoms with van der Waals surface area (Å²) in [5.41, 5.74) is 12.6. The Morgan fingerprint density at radius 2 is 1.80 bits per heavy atom. The largest absolute Gasteiger partial charge is 0.494 e. The van der Waals surface area contributed by atoms with Crippen LogP contribution < -0.4 is 15.6 Å². The van der Waals surface area contributed by atoms with Crippen molar-refractivity contribution in [2.24, 2.45) is 29.8 Å². The Kier molecular flexibility index (Phi) is 6.75. The van der Waals surface area contributed by atoms with E-state index in [0.717, 1.165) is 58.7 Å². The number of nitrogens with zero attached hydrogens (tertiary/aromatic N) is 5. The van der Waals surface area contributed by atoms with Gasteiger partial charge in [0, 0.05) is 48.7 Å². The van der Waals surface area contributed by atoms with E-state index in [1.807, 2.05) is 46.8 Å². The number of fused-ring (bicyclic) bond motifs is 4. The van der Waals surface area contributed by atoms with E-state index in [4.69, 9.17) is 25.6 Å². The number of aryl methyl sites for hydroxylation is 1. The number of aromatic nitrogens is 4. The topological polar surface area (TPSA) is 151 Å². The predicted octanol–water partition coefficient (Wildman–Crippen LogP) is 4.03. The second kappa shape index (κ2) is 10.6. The Morgan fingerprint density at radius 1 is 1.02 bits per heavy atom. The number of nitrogens with two attached hydrogens (primary N) is 2. The van der Waals surface area contributed by atoms with Gasteiger partial charge < -0.3 is 24.5 Å². The fourth-order valence-electron chi connectivity index (χ4n) is 7.49. The zero-order valence-corrected chi connectivity index (χ0v) is 26.7. The molecule has 8 rings (SSSR count). The van der Waals surface area contributed by atoms with Gasteiger partial charge in [-0.15, -0.1) is 0 Å². The van der Waals surface area contributed by atoms with Gasteiger partial charge in [-0.2, -0.15) is 0 Å². The summed E-state index contributed by atoms with van der Waals surface area (Å²) in [5.74, 6) is 2.09. The summed E-state index contributed by atoms with van der Waals surface area (Å²) in [6, 6.07) is 17.3. The number of pyridine rings is 1. The maximum Gasteiger partial charge on any atom is 0.254 e. The molecule has 4 heterocycles. The summed E-state index contributed by atoms with van der Waals surface area (Å²) in [6.07, 6.45) is 4.39. The molecule has 1 saturated heterocycles. The van der Waals surface area contributed by atoms with Gasteiger partial charge in [-0.25, -0.2) is 23.5 Å². The lowest BCUT2D eigenvalue weighted by Gasteiger charge is -2.27. The van der Waals surface area contributed by atoms with Gasteiger partial charge in [0.25, 0.3) is 5.91 Å². The summed E-state index contributed by atoms with van der Waals surface area (Å²) < 4.78 is 33.2. The molecule has 12 heteroatoms. The molecule has 0 radical (unpaired) electrons. The Hall–Kier alpha value is -4.26. The summed E-state index contributed by atoms with van der Waals surface area (Å²) in [7, 11) is -0.00323. The Morgan fingerprint density at radius 3 is 2.46 bits per heavy atom. The van der Waals surface area contributed by atoms with Crippen molar-refractivity contribution < 1.29 is 17.9 Å². The highest BCUT2D eigenvalue weighted by atomic mass is 32.2. The molecule has 0 spiro atoms. The number of amides is 1. The third-order valence-electron chi connectivity index (χ3n) is 10.0. The molecule has 2 aromatic carbocycles. The van der Waals surface area contributed by atoms with Crippen LogP contribution in [0.15, 0.2) is 54.6 Å². The standard InChI is InChI=1S/C34H37N7O4S/c1-39-31-26(13-24(15-29(31)45-2)34(42)41-17-23-10-12-27(41)30(23)35)38-33(39)28-14-22-9-11-25(37-32(22)40(28)16-19-3-4-19)21-7-5-20(6-8-21)18-46(36,43)44/h5-9,11,13-15,19,23,27,30H,3-4,10,12,16-18,35H2,1-2H3,(H2,36,43,44)/t23?,27?,30-/m1/s1. The molecule has 1 amide bonds. The lowest BCUT2D eigenvalue weighted by atomic mass is 10.1. The molecule has 238 valence electrons. The van der Waals surface area contributed by atoms with Crippen LogP contribution in [0.3, 0.4) is 0 Å². The zero-order valence-electron chi connectivity index (χ0n) is 25.9. The smallest absolute Gasteiger partial charge is 0.254 e. The second-order valence-electron chi connectivity index (χ2n) is 13.2.